The van der Waals surface area contributed by atoms with Crippen molar-refractivity contribution in [3.63, 3.8) is 0 Å². The number of ketones is 1. The molecule has 0 spiro atoms. The van der Waals surface area contributed by atoms with Gasteiger partial charge in [-0.3, -0.25) is 9.89 Å². The molecule has 0 saturated carbocycles. The first kappa shape index (κ1) is 15.5. The number of nitrogens with zero attached hydrogens (tertiary/aromatic N) is 3. The number of carbonyl (C=O) groups excluding carboxylic acids is 1. The minimum atomic E-state index is -0.444. The summed E-state index contributed by atoms with van der Waals surface area (Å²) in [5.74, 6) is -0.580. The molecule has 0 radical (unpaired) electrons. The Morgan fingerprint density at radius 2 is 1.79 bits per heavy atom. The smallest absolute Gasteiger partial charge is 0.180 e. The molecule has 0 aliphatic carbocycles. The molecule has 1 aliphatic heterocycles. The van der Waals surface area contributed by atoms with Crippen LogP contribution in [0.25, 0.3) is 10.9 Å². The van der Waals surface area contributed by atoms with Crippen LogP contribution in [0.5, 0.6) is 0 Å². The molecule has 1 aliphatic rings. The van der Waals surface area contributed by atoms with E-state index < -0.39 is 5.92 Å². The van der Waals surface area contributed by atoms with Gasteiger partial charge >= 0.3 is 0 Å². The third-order valence-corrected chi connectivity index (χ3v) is 4.25. The number of nitriles is 2. The van der Waals surface area contributed by atoms with E-state index in [1.807, 2.05) is 32.0 Å². The van der Waals surface area contributed by atoms with Crippen molar-refractivity contribution in [1.82, 2.24) is 15.5 Å². The van der Waals surface area contributed by atoms with Crippen LogP contribution in [-0.2, 0) is 0 Å². The number of Topliss-reactive ketones (excluding diaryl/α,β-unsaturated/α-hetero) is 1. The maximum atomic E-state index is 11.7. The standard InChI is InChI=1S/C18H15N5O/c1-9-14(7-19)17(15(8-20)10(2)21-9)12-4-5-16-13(6-12)18(11(3)24)23-22-16/h4-6,17,21H,1-3H3,(H,22,23). The molecule has 3 rings (SSSR count). The van der Waals surface area contributed by atoms with E-state index in [0.717, 1.165) is 22.5 Å². The monoisotopic (exact) mass is 317 g/mol. The normalized spacial score (nSPS) is 15.2. The maximum Gasteiger partial charge on any atom is 0.180 e. The second-order valence-electron chi connectivity index (χ2n) is 5.79. The van der Waals surface area contributed by atoms with Gasteiger partial charge in [-0.2, -0.15) is 15.6 Å². The van der Waals surface area contributed by atoms with Crippen LogP contribution in [0.1, 0.15) is 42.7 Å². The minimum absolute atomic E-state index is 0.136. The van der Waals surface area contributed by atoms with Crippen molar-refractivity contribution >= 4 is 16.7 Å². The van der Waals surface area contributed by atoms with Gasteiger partial charge in [-0.05, 0) is 31.5 Å². The number of hydrogen-bond acceptors (Lipinski definition) is 5. The average molecular weight is 317 g/mol. The third kappa shape index (κ3) is 2.26. The molecule has 2 N–H and O–H groups in total. The molecule has 0 fully saturated rings. The number of allylic oxidation sites excluding steroid dienone is 4. The van der Waals surface area contributed by atoms with E-state index in [1.165, 1.54) is 6.92 Å². The summed E-state index contributed by atoms with van der Waals surface area (Å²) in [5.41, 5.74) is 4.38. The lowest BCUT2D eigenvalue weighted by Gasteiger charge is -2.26. The van der Waals surface area contributed by atoms with Gasteiger partial charge < -0.3 is 5.32 Å². The number of H-pyrrole nitrogens is 1. The fourth-order valence-electron chi connectivity index (χ4n) is 3.10. The van der Waals surface area contributed by atoms with Crippen molar-refractivity contribution in [2.24, 2.45) is 0 Å². The van der Waals surface area contributed by atoms with Crippen LogP contribution < -0.4 is 5.32 Å². The Labute approximate surface area is 139 Å². The number of aromatic amines is 1. The highest BCUT2D eigenvalue weighted by molar-refractivity contribution is 6.04. The number of aromatic nitrogens is 2. The van der Waals surface area contributed by atoms with Crippen molar-refractivity contribution in [1.29, 1.82) is 10.5 Å². The van der Waals surface area contributed by atoms with Crippen molar-refractivity contribution in [2.45, 2.75) is 26.7 Å². The van der Waals surface area contributed by atoms with Crippen molar-refractivity contribution in [3.05, 3.63) is 52.0 Å². The summed E-state index contributed by atoms with van der Waals surface area (Å²) in [5, 5.41) is 29.8. The predicted octanol–water partition coefficient (Wildman–Crippen LogP) is 3.05. The highest BCUT2D eigenvalue weighted by atomic mass is 16.1. The van der Waals surface area contributed by atoms with Gasteiger partial charge in [-0.15, -0.1) is 0 Å². The van der Waals surface area contributed by atoms with E-state index in [-0.39, 0.29) is 5.78 Å². The molecule has 0 bridgehead atoms. The van der Waals surface area contributed by atoms with Gasteiger partial charge in [0.25, 0.3) is 0 Å². The lowest BCUT2D eigenvalue weighted by molar-refractivity contribution is 0.101. The van der Waals surface area contributed by atoms with Gasteiger partial charge in [0.2, 0.25) is 0 Å². The van der Waals surface area contributed by atoms with E-state index in [9.17, 15) is 15.3 Å². The van der Waals surface area contributed by atoms with Gasteiger partial charge in [0, 0.05) is 23.7 Å². The lowest BCUT2D eigenvalue weighted by Crippen LogP contribution is -2.23. The molecule has 6 nitrogen and oxygen atoms in total. The summed E-state index contributed by atoms with van der Waals surface area (Å²) >= 11 is 0. The Bertz CT molecular complexity index is 974. The molecule has 0 atom stereocenters. The van der Waals surface area contributed by atoms with Crippen LogP contribution >= 0.6 is 0 Å². The fourth-order valence-corrected chi connectivity index (χ4v) is 3.10. The van der Waals surface area contributed by atoms with E-state index in [2.05, 4.69) is 27.7 Å². The summed E-state index contributed by atoms with van der Waals surface area (Å²) in [4.78, 5) is 11.7. The number of dihydropyridines is 1. The van der Waals surface area contributed by atoms with Crippen molar-refractivity contribution in [3.8, 4) is 12.1 Å². The molecule has 2 heterocycles. The molecule has 24 heavy (non-hydrogen) atoms. The maximum absolute atomic E-state index is 11.7. The van der Waals surface area contributed by atoms with Gasteiger partial charge in [-0.25, -0.2) is 0 Å². The second-order valence-corrected chi connectivity index (χ2v) is 5.79. The fraction of sp³-hybridized carbons (Fsp3) is 0.222. The van der Waals surface area contributed by atoms with Crippen LogP contribution in [0.3, 0.4) is 0 Å². The molecular formula is C18H15N5O. The SMILES string of the molecule is CC(=O)c1n[nH]c2ccc(C3C(C#N)=C(C)NC(C)=C3C#N)cc12. The van der Waals surface area contributed by atoms with Gasteiger partial charge in [0.1, 0.15) is 5.69 Å². The molecule has 0 amide bonds. The largest absolute Gasteiger partial charge is 0.361 e. The molecule has 0 saturated heterocycles. The summed E-state index contributed by atoms with van der Waals surface area (Å²) in [6.07, 6.45) is 0. The topological polar surface area (TPSA) is 105 Å². The van der Waals surface area contributed by atoms with E-state index in [0.29, 0.717) is 22.2 Å². The molecule has 1 aromatic carbocycles. The lowest BCUT2D eigenvalue weighted by atomic mass is 9.81. The molecule has 6 heteroatoms. The van der Waals surface area contributed by atoms with Crippen molar-refractivity contribution in [2.75, 3.05) is 0 Å². The van der Waals surface area contributed by atoms with Crippen LogP contribution in [0.2, 0.25) is 0 Å². The van der Waals surface area contributed by atoms with E-state index >= 15 is 0 Å². The number of nitrogens with one attached hydrogen (secondary N) is 2. The quantitative estimate of drug-likeness (QED) is 0.828. The van der Waals surface area contributed by atoms with E-state index in [1.54, 1.807) is 0 Å². The zero-order chi connectivity index (χ0) is 17.4. The summed E-state index contributed by atoms with van der Waals surface area (Å²) < 4.78 is 0. The Balaban J connectivity index is 2.25. The first-order valence-electron chi connectivity index (χ1n) is 7.45. The molecule has 1 aromatic heterocycles. The number of benzene rings is 1. The predicted molar refractivity (Wildman–Crippen MR) is 88.6 cm³/mol. The Hall–Kier alpha value is -3.38. The number of fused-ring (bicyclic) bond motifs is 1. The molecule has 0 unspecified atom stereocenters. The minimum Gasteiger partial charge on any atom is -0.361 e. The van der Waals surface area contributed by atoms with Crippen LogP contribution in [0, 0.1) is 22.7 Å². The summed E-state index contributed by atoms with van der Waals surface area (Å²) in [7, 11) is 0. The van der Waals surface area contributed by atoms with E-state index in [4.69, 9.17) is 0 Å². The van der Waals surface area contributed by atoms with Gasteiger partial charge in [0.15, 0.2) is 5.78 Å². The molecule has 2 aromatic rings. The molecule has 118 valence electrons. The Morgan fingerprint density at radius 1 is 1.17 bits per heavy atom. The zero-order valence-corrected chi connectivity index (χ0v) is 13.6. The Kier molecular flexibility index (Phi) is 3.67. The zero-order valence-electron chi connectivity index (χ0n) is 13.6. The number of carbonyl (C=O) groups is 1. The van der Waals surface area contributed by atoms with Crippen LogP contribution in [-0.4, -0.2) is 16.0 Å². The summed E-state index contributed by atoms with van der Waals surface area (Å²) in [6.45, 7) is 5.10. The number of hydrogen-bond donors (Lipinski definition) is 2. The van der Waals surface area contributed by atoms with Gasteiger partial charge in [-0.1, -0.05) is 6.07 Å². The first-order valence-corrected chi connectivity index (χ1v) is 7.45. The first-order chi connectivity index (χ1) is 11.5. The average Bonchev–Trinajstić information content (AvgIpc) is 2.97. The van der Waals surface area contributed by atoms with Gasteiger partial charge in [0.05, 0.1) is 34.7 Å². The van der Waals surface area contributed by atoms with Crippen LogP contribution in [0.15, 0.2) is 40.7 Å². The molecular weight excluding hydrogens is 302 g/mol. The second kappa shape index (κ2) is 5.68. The highest BCUT2D eigenvalue weighted by Gasteiger charge is 2.29. The number of rotatable bonds is 2. The Morgan fingerprint density at radius 3 is 2.33 bits per heavy atom. The highest BCUT2D eigenvalue weighted by Crippen LogP contribution is 2.38. The third-order valence-electron chi connectivity index (χ3n) is 4.25. The van der Waals surface area contributed by atoms with Crippen LogP contribution in [0.4, 0.5) is 0 Å². The van der Waals surface area contributed by atoms with Crippen molar-refractivity contribution < 1.29 is 4.79 Å². The summed E-state index contributed by atoms with van der Waals surface area (Å²) in [6, 6.07) is 9.93.